The Morgan fingerprint density at radius 2 is 2.28 bits per heavy atom. The van der Waals surface area contributed by atoms with E-state index in [1.807, 2.05) is 13.0 Å². The van der Waals surface area contributed by atoms with Gasteiger partial charge in [-0.3, -0.25) is 0 Å². The van der Waals surface area contributed by atoms with E-state index in [2.05, 4.69) is 15.9 Å². The maximum atomic E-state index is 13.8. The van der Waals surface area contributed by atoms with Gasteiger partial charge in [0.25, 0.3) is 0 Å². The molecule has 100 valence electrons. The Morgan fingerprint density at radius 1 is 1.50 bits per heavy atom. The predicted molar refractivity (Wildman–Crippen MR) is 72.5 cm³/mol. The van der Waals surface area contributed by atoms with E-state index in [4.69, 9.17) is 9.47 Å². The van der Waals surface area contributed by atoms with Crippen LogP contribution < -0.4 is 0 Å². The van der Waals surface area contributed by atoms with Gasteiger partial charge in [0.2, 0.25) is 0 Å². The van der Waals surface area contributed by atoms with Crippen LogP contribution in [0.25, 0.3) is 0 Å². The SMILES string of the molecule is CC(CBr)(OCC1CCCO1)c1ccccc1F. The summed E-state index contributed by atoms with van der Waals surface area (Å²) in [5.41, 5.74) is -0.0722. The van der Waals surface area contributed by atoms with Gasteiger partial charge in [0.05, 0.1) is 12.7 Å². The monoisotopic (exact) mass is 316 g/mol. The smallest absolute Gasteiger partial charge is 0.129 e. The largest absolute Gasteiger partial charge is 0.376 e. The molecule has 2 rings (SSSR count). The maximum absolute atomic E-state index is 13.8. The molecule has 1 fully saturated rings. The highest BCUT2D eigenvalue weighted by molar-refractivity contribution is 9.09. The van der Waals surface area contributed by atoms with Gasteiger partial charge in [-0.2, -0.15) is 0 Å². The highest BCUT2D eigenvalue weighted by Gasteiger charge is 2.31. The summed E-state index contributed by atoms with van der Waals surface area (Å²) < 4.78 is 25.3. The van der Waals surface area contributed by atoms with Crippen LogP contribution in [0.4, 0.5) is 4.39 Å². The summed E-state index contributed by atoms with van der Waals surface area (Å²) in [6, 6.07) is 6.75. The minimum Gasteiger partial charge on any atom is -0.376 e. The third-order valence-corrected chi connectivity index (χ3v) is 4.38. The number of halogens is 2. The van der Waals surface area contributed by atoms with Crippen molar-refractivity contribution in [3.63, 3.8) is 0 Å². The average molecular weight is 317 g/mol. The number of hydrogen-bond acceptors (Lipinski definition) is 2. The number of alkyl halides is 1. The molecule has 0 radical (unpaired) electrons. The van der Waals surface area contributed by atoms with Crippen LogP contribution in [0.3, 0.4) is 0 Å². The number of benzene rings is 1. The Balaban J connectivity index is 2.07. The molecule has 0 saturated carbocycles. The molecule has 2 nitrogen and oxygen atoms in total. The third kappa shape index (κ3) is 3.11. The van der Waals surface area contributed by atoms with Crippen LogP contribution in [-0.4, -0.2) is 24.6 Å². The minimum atomic E-state index is -0.655. The van der Waals surface area contributed by atoms with Crippen LogP contribution in [0.1, 0.15) is 25.3 Å². The summed E-state index contributed by atoms with van der Waals surface area (Å²) in [5.74, 6) is -0.230. The molecule has 1 saturated heterocycles. The second kappa shape index (κ2) is 6.13. The lowest BCUT2D eigenvalue weighted by atomic mass is 9.97. The zero-order chi connectivity index (χ0) is 13.0. The van der Waals surface area contributed by atoms with Crippen molar-refractivity contribution in [2.45, 2.75) is 31.5 Å². The van der Waals surface area contributed by atoms with Crippen LogP contribution in [-0.2, 0) is 15.1 Å². The third-order valence-electron chi connectivity index (χ3n) is 3.31. The highest BCUT2D eigenvalue weighted by atomic mass is 79.9. The Bertz CT molecular complexity index is 393. The summed E-state index contributed by atoms with van der Waals surface area (Å²) >= 11 is 3.42. The van der Waals surface area contributed by atoms with E-state index in [-0.39, 0.29) is 11.9 Å². The first-order chi connectivity index (χ1) is 8.65. The zero-order valence-electron chi connectivity index (χ0n) is 10.5. The summed E-state index contributed by atoms with van der Waals surface area (Å²) in [7, 11) is 0. The molecule has 0 bridgehead atoms. The fraction of sp³-hybridized carbons (Fsp3) is 0.571. The van der Waals surface area contributed by atoms with E-state index in [0.29, 0.717) is 17.5 Å². The molecule has 0 aromatic heterocycles. The van der Waals surface area contributed by atoms with Crippen LogP contribution in [0, 0.1) is 5.82 Å². The van der Waals surface area contributed by atoms with Crippen molar-refractivity contribution in [3.05, 3.63) is 35.6 Å². The fourth-order valence-electron chi connectivity index (χ4n) is 2.13. The molecule has 0 aliphatic carbocycles. The lowest BCUT2D eigenvalue weighted by molar-refractivity contribution is -0.0667. The lowest BCUT2D eigenvalue weighted by Crippen LogP contribution is -2.32. The van der Waals surface area contributed by atoms with E-state index in [0.717, 1.165) is 19.4 Å². The molecular weight excluding hydrogens is 299 g/mol. The summed E-state index contributed by atoms with van der Waals surface area (Å²) in [6.45, 7) is 3.21. The van der Waals surface area contributed by atoms with Crippen molar-refractivity contribution in [1.29, 1.82) is 0 Å². The Morgan fingerprint density at radius 3 is 2.89 bits per heavy atom. The van der Waals surface area contributed by atoms with Crippen molar-refractivity contribution >= 4 is 15.9 Å². The Hall–Kier alpha value is -0.450. The van der Waals surface area contributed by atoms with Crippen LogP contribution in [0.15, 0.2) is 24.3 Å². The highest BCUT2D eigenvalue weighted by Crippen LogP contribution is 2.30. The van der Waals surface area contributed by atoms with Crippen molar-refractivity contribution in [1.82, 2.24) is 0 Å². The molecule has 4 heteroatoms. The number of hydrogen-bond donors (Lipinski definition) is 0. The minimum absolute atomic E-state index is 0.148. The van der Waals surface area contributed by atoms with Crippen molar-refractivity contribution in [2.75, 3.05) is 18.5 Å². The first-order valence-corrected chi connectivity index (χ1v) is 7.34. The predicted octanol–water partition coefficient (Wildman–Crippen LogP) is 3.63. The van der Waals surface area contributed by atoms with Crippen LogP contribution >= 0.6 is 15.9 Å². The summed E-state index contributed by atoms with van der Waals surface area (Å²) in [5, 5.41) is 0.549. The topological polar surface area (TPSA) is 18.5 Å². The van der Waals surface area contributed by atoms with Gasteiger partial charge in [-0.1, -0.05) is 34.1 Å². The fourth-order valence-corrected chi connectivity index (χ4v) is 2.59. The van der Waals surface area contributed by atoms with E-state index in [1.54, 1.807) is 12.1 Å². The number of rotatable bonds is 5. The standard InChI is InChI=1S/C14H18BrFO2/c1-14(10-15,12-6-2-3-7-13(12)16)18-9-11-5-4-8-17-11/h2-3,6-7,11H,4-5,8-10H2,1H3. The molecule has 0 N–H and O–H groups in total. The molecule has 18 heavy (non-hydrogen) atoms. The van der Waals surface area contributed by atoms with E-state index in [1.165, 1.54) is 6.07 Å². The second-order valence-corrected chi connectivity index (χ2v) is 5.35. The molecule has 1 aliphatic heterocycles. The second-order valence-electron chi connectivity index (χ2n) is 4.79. The average Bonchev–Trinajstić information content (AvgIpc) is 2.90. The molecule has 1 aromatic rings. The molecule has 0 spiro atoms. The van der Waals surface area contributed by atoms with Gasteiger partial charge in [-0.05, 0) is 25.8 Å². The Kier molecular flexibility index (Phi) is 4.76. The van der Waals surface area contributed by atoms with E-state index >= 15 is 0 Å². The quantitative estimate of drug-likeness (QED) is 0.772. The Labute approximate surface area is 116 Å². The molecule has 1 aromatic carbocycles. The van der Waals surface area contributed by atoms with Crippen LogP contribution in [0.5, 0.6) is 0 Å². The first kappa shape index (κ1) is 14.0. The van der Waals surface area contributed by atoms with Gasteiger partial charge >= 0.3 is 0 Å². The molecule has 2 atom stereocenters. The van der Waals surface area contributed by atoms with Gasteiger partial charge in [-0.15, -0.1) is 0 Å². The van der Waals surface area contributed by atoms with Gasteiger partial charge in [-0.25, -0.2) is 4.39 Å². The van der Waals surface area contributed by atoms with Gasteiger partial charge in [0.1, 0.15) is 11.4 Å². The van der Waals surface area contributed by atoms with Gasteiger partial charge in [0.15, 0.2) is 0 Å². The maximum Gasteiger partial charge on any atom is 0.129 e. The van der Waals surface area contributed by atoms with Gasteiger partial charge in [0, 0.05) is 17.5 Å². The molecule has 1 aliphatic rings. The normalized spacial score (nSPS) is 22.9. The van der Waals surface area contributed by atoms with E-state index < -0.39 is 5.60 Å². The van der Waals surface area contributed by atoms with Crippen molar-refractivity contribution in [3.8, 4) is 0 Å². The van der Waals surface area contributed by atoms with Crippen molar-refractivity contribution in [2.24, 2.45) is 0 Å². The zero-order valence-corrected chi connectivity index (χ0v) is 12.1. The first-order valence-electron chi connectivity index (χ1n) is 6.22. The summed E-state index contributed by atoms with van der Waals surface area (Å²) in [6.07, 6.45) is 2.25. The summed E-state index contributed by atoms with van der Waals surface area (Å²) in [4.78, 5) is 0. The van der Waals surface area contributed by atoms with E-state index in [9.17, 15) is 4.39 Å². The van der Waals surface area contributed by atoms with Gasteiger partial charge < -0.3 is 9.47 Å². The van der Waals surface area contributed by atoms with Crippen molar-refractivity contribution < 1.29 is 13.9 Å². The molecular formula is C14H18BrFO2. The molecule has 1 heterocycles. The molecule has 0 amide bonds. The van der Waals surface area contributed by atoms with Crippen LogP contribution in [0.2, 0.25) is 0 Å². The lowest BCUT2D eigenvalue weighted by Gasteiger charge is -2.30. The molecule has 2 unspecified atom stereocenters. The number of ether oxygens (including phenoxy) is 2.